The largest absolute Gasteiger partial charge is 0.486 e. The summed E-state index contributed by atoms with van der Waals surface area (Å²) in [5.74, 6) is 1.34. The van der Waals surface area contributed by atoms with E-state index in [1.54, 1.807) is 12.1 Å². The number of carbonyl (C=O) groups excluding carboxylic acids is 2. The molecule has 4 rings (SSSR count). The number of aryl methyl sites for hydroxylation is 1. The van der Waals surface area contributed by atoms with E-state index in [9.17, 15) is 9.59 Å². The molecule has 0 radical (unpaired) electrons. The predicted molar refractivity (Wildman–Crippen MR) is 106 cm³/mol. The lowest BCUT2D eigenvalue weighted by atomic mass is 10.1. The second-order valence-corrected chi connectivity index (χ2v) is 7.07. The number of hydrogen-bond donors (Lipinski definition) is 1. The van der Waals surface area contributed by atoms with Gasteiger partial charge in [0.2, 0.25) is 5.91 Å². The molecule has 2 aromatic rings. The van der Waals surface area contributed by atoms with Crippen LogP contribution < -0.4 is 14.8 Å². The molecule has 28 heavy (non-hydrogen) atoms. The van der Waals surface area contributed by atoms with Gasteiger partial charge in [-0.25, -0.2) is 0 Å². The van der Waals surface area contributed by atoms with Crippen molar-refractivity contribution in [3.63, 3.8) is 0 Å². The Kier molecular flexibility index (Phi) is 5.46. The minimum atomic E-state index is -0.114. The average molecular weight is 380 g/mol. The van der Waals surface area contributed by atoms with Gasteiger partial charge in [-0.05, 0) is 49.1 Å². The van der Waals surface area contributed by atoms with Crippen LogP contribution in [0.3, 0.4) is 0 Å². The van der Waals surface area contributed by atoms with E-state index >= 15 is 0 Å². The number of nitrogens with one attached hydrogen (secondary N) is 1. The molecule has 0 aliphatic carbocycles. The summed E-state index contributed by atoms with van der Waals surface area (Å²) >= 11 is 0. The molecule has 0 bridgehead atoms. The summed E-state index contributed by atoms with van der Waals surface area (Å²) in [5, 5.41) is 2.91. The van der Waals surface area contributed by atoms with Crippen molar-refractivity contribution < 1.29 is 19.1 Å². The highest BCUT2D eigenvalue weighted by Crippen LogP contribution is 2.31. The monoisotopic (exact) mass is 380 g/mol. The minimum Gasteiger partial charge on any atom is -0.486 e. The van der Waals surface area contributed by atoms with E-state index in [0.29, 0.717) is 37.3 Å². The fourth-order valence-electron chi connectivity index (χ4n) is 3.58. The molecule has 2 amide bonds. The van der Waals surface area contributed by atoms with Gasteiger partial charge < -0.3 is 19.7 Å². The van der Waals surface area contributed by atoms with E-state index in [2.05, 4.69) is 5.32 Å². The number of amides is 2. The van der Waals surface area contributed by atoms with Gasteiger partial charge in [-0.2, -0.15) is 0 Å². The Morgan fingerprint density at radius 3 is 2.54 bits per heavy atom. The molecule has 2 aliphatic heterocycles. The summed E-state index contributed by atoms with van der Waals surface area (Å²) in [6, 6.07) is 13.0. The number of anilines is 1. The predicted octanol–water partition coefficient (Wildman–Crippen LogP) is 3.27. The molecule has 0 unspecified atom stereocenters. The number of para-hydroxylation sites is 1. The highest BCUT2D eigenvalue weighted by Gasteiger charge is 2.22. The molecule has 0 saturated carbocycles. The Morgan fingerprint density at radius 1 is 0.964 bits per heavy atom. The molecule has 2 heterocycles. The van der Waals surface area contributed by atoms with Crippen LogP contribution in [0.15, 0.2) is 42.5 Å². The first-order chi connectivity index (χ1) is 13.7. The van der Waals surface area contributed by atoms with Crippen LogP contribution in [0.4, 0.5) is 5.69 Å². The quantitative estimate of drug-likeness (QED) is 0.865. The number of likely N-dealkylation sites (tertiary alicyclic amines) is 1. The van der Waals surface area contributed by atoms with Gasteiger partial charge in [-0.15, -0.1) is 0 Å². The van der Waals surface area contributed by atoms with Crippen molar-refractivity contribution in [2.24, 2.45) is 0 Å². The molecular formula is C22H24N2O4. The van der Waals surface area contributed by atoms with Crippen LogP contribution in [-0.4, -0.2) is 43.0 Å². The molecule has 0 aromatic heterocycles. The fourth-order valence-corrected chi connectivity index (χ4v) is 3.58. The molecule has 0 spiro atoms. The second-order valence-electron chi connectivity index (χ2n) is 7.07. The van der Waals surface area contributed by atoms with Crippen molar-refractivity contribution in [2.45, 2.75) is 25.7 Å². The topological polar surface area (TPSA) is 67.9 Å². The van der Waals surface area contributed by atoms with Gasteiger partial charge in [0.05, 0.1) is 11.3 Å². The van der Waals surface area contributed by atoms with E-state index in [0.717, 1.165) is 43.0 Å². The number of nitrogens with zero attached hydrogens (tertiary/aromatic N) is 1. The van der Waals surface area contributed by atoms with Gasteiger partial charge in [0.1, 0.15) is 13.2 Å². The van der Waals surface area contributed by atoms with E-state index < -0.39 is 0 Å². The van der Waals surface area contributed by atoms with E-state index in [1.165, 1.54) is 0 Å². The standard InChI is InChI=1S/C22H24N2O4/c25-21(10-8-16-7-9-19-20(15-16)28-14-13-27-19)23-18-6-2-1-5-17(18)22(26)24-11-3-4-12-24/h1-2,5-7,9,15H,3-4,8,10-14H2,(H,23,25). The SMILES string of the molecule is O=C(CCc1ccc2c(c1)OCCO2)Nc1ccccc1C(=O)N1CCCC1. The van der Waals surface area contributed by atoms with Crippen LogP contribution in [0.1, 0.15) is 35.2 Å². The van der Waals surface area contributed by atoms with Crippen molar-refractivity contribution in [3.8, 4) is 11.5 Å². The molecular weight excluding hydrogens is 356 g/mol. The van der Waals surface area contributed by atoms with Crippen LogP contribution in [0.5, 0.6) is 11.5 Å². The van der Waals surface area contributed by atoms with Crippen molar-refractivity contribution in [1.29, 1.82) is 0 Å². The minimum absolute atomic E-state index is 0.0137. The molecule has 6 heteroatoms. The van der Waals surface area contributed by atoms with Crippen LogP contribution in [0.2, 0.25) is 0 Å². The van der Waals surface area contributed by atoms with Gasteiger partial charge in [-0.1, -0.05) is 18.2 Å². The van der Waals surface area contributed by atoms with Crippen molar-refractivity contribution in [3.05, 3.63) is 53.6 Å². The Bertz CT molecular complexity index is 875. The highest BCUT2D eigenvalue weighted by molar-refractivity contribution is 6.03. The maximum Gasteiger partial charge on any atom is 0.255 e. The summed E-state index contributed by atoms with van der Waals surface area (Å²) in [4.78, 5) is 27.0. The van der Waals surface area contributed by atoms with Gasteiger partial charge >= 0.3 is 0 Å². The third kappa shape index (κ3) is 4.11. The van der Waals surface area contributed by atoms with Crippen LogP contribution in [0.25, 0.3) is 0 Å². The van der Waals surface area contributed by atoms with Crippen molar-refractivity contribution in [1.82, 2.24) is 4.90 Å². The Morgan fingerprint density at radius 2 is 1.71 bits per heavy atom. The van der Waals surface area contributed by atoms with Gasteiger partial charge in [0, 0.05) is 19.5 Å². The summed E-state index contributed by atoms with van der Waals surface area (Å²) in [6.45, 7) is 2.67. The third-order valence-corrected chi connectivity index (χ3v) is 5.07. The number of ether oxygens (including phenoxy) is 2. The van der Waals surface area contributed by atoms with Crippen molar-refractivity contribution in [2.75, 3.05) is 31.6 Å². The zero-order valence-electron chi connectivity index (χ0n) is 15.8. The van der Waals surface area contributed by atoms with E-state index in [1.807, 2.05) is 35.2 Å². The number of benzene rings is 2. The van der Waals surface area contributed by atoms with Crippen LogP contribution in [0, 0.1) is 0 Å². The zero-order chi connectivity index (χ0) is 19.3. The first-order valence-corrected chi connectivity index (χ1v) is 9.77. The average Bonchev–Trinajstić information content (AvgIpc) is 3.27. The highest BCUT2D eigenvalue weighted by atomic mass is 16.6. The number of fused-ring (bicyclic) bond motifs is 1. The molecule has 2 aromatic carbocycles. The number of carbonyl (C=O) groups is 2. The smallest absolute Gasteiger partial charge is 0.255 e. The van der Waals surface area contributed by atoms with E-state index in [4.69, 9.17) is 9.47 Å². The van der Waals surface area contributed by atoms with Crippen LogP contribution >= 0.6 is 0 Å². The van der Waals surface area contributed by atoms with E-state index in [-0.39, 0.29) is 11.8 Å². The van der Waals surface area contributed by atoms with Crippen molar-refractivity contribution >= 4 is 17.5 Å². The fraction of sp³-hybridized carbons (Fsp3) is 0.364. The maximum atomic E-state index is 12.7. The zero-order valence-corrected chi connectivity index (χ0v) is 15.8. The Labute approximate surface area is 164 Å². The third-order valence-electron chi connectivity index (χ3n) is 5.07. The molecule has 1 fully saturated rings. The summed E-state index contributed by atoms with van der Waals surface area (Å²) in [7, 11) is 0. The Hall–Kier alpha value is -3.02. The Balaban J connectivity index is 1.38. The lowest BCUT2D eigenvalue weighted by Gasteiger charge is -2.19. The molecule has 1 saturated heterocycles. The second kappa shape index (κ2) is 8.33. The molecule has 2 aliphatic rings. The first-order valence-electron chi connectivity index (χ1n) is 9.77. The van der Waals surface area contributed by atoms with Gasteiger partial charge in [0.15, 0.2) is 11.5 Å². The van der Waals surface area contributed by atoms with Crippen LogP contribution in [-0.2, 0) is 11.2 Å². The lowest BCUT2D eigenvalue weighted by Crippen LogP contribution is -2.28. The molecule has 146 valence electrons. The number of hydrogen-bond acceptors (Lipinski definition) is 4. The molecule has 1 N–H and O–H groups in total. The summed E-state index contributed by atoms with van der Waals surface area (Å²) < 4.78 is 11.1. The molecule has 0 atom stereocenters. The molecule has 6 nitrogen and oxygen atoms in total. The van der Waals surface area contributed by atoms with Gasteiger partial charge in [0.25, 0.3) is 5.91 Å². The number of rotatable bonds is 5. The maximum absolute atomic E-state index is 12.7. The first kappa shape index (κ1) is 18.3. The van der Waals surface area contributed by atoms with Gasteiger partial charge in [-0.3, -0.25) is 9.59 Å². The normalized spacial score (nSPS) is 15.4. The lowest BCUT2D eigenvalue weighted by molar-refractivity contribution is -0.116. The summed E-state index contributed by atoms with van der Waals surface area (Å²) in [5.41, 5.74) is 2.14. The summed E-state index contributed by atoms with van der Waals surface area (Å²) in [6.07, 6.45) is 2.99.